The number of nitrogens with one attached hydrogen (secondary N) is 2. The molecular weight excluding hydrogens is 396 g/mol. The first kappa shape index (κ1) is 19.8. The molecule has 0 aliphatic heterocycles. The number of hydrogen-bond donors (Lipinski definition) is 3. The Kier molecular flexibility index (Phi) is 5.03. The van der Waals surface area contributed by atoms with Crippen LogP contribution in [0.4, 0.5) is 5.69 Å². The lowest BCUT2D eigenvalue weighted by Gasteiger charge is -2.06. The van der Waals surface area contributed by atoms with Crippen molar-refractivity contribution < 1.29 is 0 Å². The molecule has 4 heterocycles. The Hall–Kier alpha value is -4.19. The number of nitrogen functional groups attached to an aromatic ring is 1. The van der Waals surface area contributed by atoms with Crippen LogP contribution >= 0.6 is 0 Å². The van der Waals surface area contributed by atoms with Crippen LogP contribution < -0.4 is 5.73 Å². The number of rotatable bonds is 5. The lowest BCUT2D eigenvalue weighted by Crippen LogP contribution is -1.89. The lowest BCUT2D eigenvalue weighted by molar-refractivity contribution is 1.11. The number of aromatic nitrogens is 5. The highest BCUT2D eigenvalue weighted by atomic mass is 15.1. The first-order valence-corrected chi connectivity index (χ1v) is 10.6. The van der Waals surface area contributed by atoms with Crippen molar-refractivity contribution in [2.24, 2.45) is 0 Å². The Morgan fingerprint density at radius 1 is 1.16 bits per heavy atom. The number of aromatic amines is 2. The highest BCUT2D eigenvalue weighted by Crippen LogP contribution is 2.35. The standard InChI is InChI=1S/C26H24N6/c1-3-4-9-20(17-7-5-6-8-17)21-11-24(30-16(21)2)26-22-12-23(29-15-25(22)31-32-26)18-10-19(27)14-28-13-18/h3-5,7-15,30H,6,27H2,1-2H3,(H,31,32)/b4-3-,20-9-. The largest absolute Gasteiger partial charge is 0.397 e. The zero-order valence-corrected chi connectivity index (χ0v) is 18.1. The smallest absolute Gasteiger partial charge is 0.116 e. The van der Waals surface area contributed by atoms with Crippen LogP contribution in [0.25, 0.3) is 39.1 Å². The molecule has 0 fully saturated rings. The van der Waals surface area contributed by atoms with Gasteiger partial charge in [-0.2, -0.15) is 5.10 Å². The predicted octanol–water partition coefficient (Wildman–Crippen LogP) is 5.75. The van der Waals surface area contributed by atoms with Crippen LogP contribution in [-0.2, 0) is 0 Å². The zero-order valence-electron chi connectivity index (χ0n) is 18.1. The maximum Gasteiger partial charge on any atom is 0.116 e. The van der Waals surface area contributed by atoms with Gasteiger partial charge >= 0.3 is 0 Å². The Bertz CT molecular complexity index is 1430. The molecule has 0 saturated carbocycles. The zero-order chi connectivity index (χ0) is 22.1. The molecule has 5 rings (SSSR count). The van der Waals surface area contributed by atoms with Gasteiger partial charge in [0.25, 0.3) is 0 Å². The van der Waals surface area contributed by atoms with Crippen molar-refractivity contribution in [1.82, 2.24) is 25.1 Å². The van der Waals surface area contributed by atoms with Crippen LogP contribution in [0.1, 0.15) is 24.6 Å². The number of fused-ring (bicyclic) bond motifs is 1. The molecule has 32 heavy (non-hydrogen) atoms. The lowest BCUT2D eigenvalue weighted by atomic mass is 9.98. The van der Waals surface area contributed by atoms with Crippen molar-refractivity contribution in [3.8, 4) is 22.6 Å². The minimum atomic E-state index is 0.608. The van der Waals surface area contributed by atoms with Crippen molar-refractivity contribution in [3.05, 3.63) is 90.1 Å². The molecule has 0 radical (unpaired) electrons. The Labute approximate surface area is 186 Å². The summed E-state index contributed by atoms with van der Waals surface area (Å²) in [6.07, 6.45) is 19.1. The molecule has 4 aromatic heterocycles. The maximum absolute atomic E-state index is 5.91. The summed E-state index contributed by atoms with van der Waals surface area (Å²) in [7, 11) is 0. The molecule has 6 nitrogen and oxygen atoms in total. The van der Waals surface area contributed by atoms with Crippen molar-refractivity contribution in [2.45, 2.75) is 20.3 Å². The molecule has 0 atom stereocenters. The van der Waals surface area contributed by atoms with E-state index in [4.69, 9.17) is 5.73 Å². The van der Waals surface area contributed by atoms with Gasteiger partial charge in [-0.1, -0.05) is 36.5 Å². The molecule has 4 aromatic rings. The third-order valence-corrected chi connectivity index (χ3v) is 5.60. The summed E-state index contributed by atoms with van der Waals surface area (Å²) in [4.78, 5) is 12.3. The third kappa shape index (κ3) is 3.56. The number of H-pyrrole nitrogens is 2. The van der Waals surface area contributed by atoms with E-state index >= 15 is 0 Å². The van der Waals surface area contributed by atoms with Gasteiger partial charge in [-0.25, -0.2) is 0 Å². The Morgan fingerprint density at radius 3 is 2.84 bits per heavy atom. The van der Waals surface area contributed by atoms with E-state index in [2.05, 4.69) is 68.5 Å². The van der Waals surface area contributed by atoms with Crippen molar-refractivity contribution in [1.29, 1.82) is 0 Å². The Morgan fingerprint density at radius 2 is 2.06 bits per heavy atom. The average Bonchev–Trinajstić information content (AvgIpc) is 3.54. The normalized spacial score (nSPS) is 14.1. The fraction of sp³-hybridized carbons (Fsp3) is 0.115. The number of aryl methyl sites for hydroxylation is 1. The molecule has 0 aromatic carbocycles. The number of anilines is 1. The number of nitrogens with two attached hydrogens (primary N) is 1. The van der Waals surface area contributed by atoms with Crippen molar-refractivity contribution in [3.63, 3.8) is 0 Å². The van der Waals surface area contributed by atoms with Crippen LogP contribution in [0.3, 0.4) is 0 Å². The summed E-state index contributed by atoms with van der Waals surface area (Å²) in [5.74, 6) is 0. The van der Waals surface area contributed by atoms with E-state index in [1.54, 1.807) is 18.6 Å². The van der Waals surface area contributed by atoms with E-state index in [-0.39, 0.29) is 0 Å². The highest BCUT2D eigenvalue weighted by Gasteiger charge is 2.17. The molecule has 1 aliphatic rings. The molecule has 0 unspecified atom stereocenters. The van der Waals surface area contributed by atoms with E-state index < -0.39 is 0 Å². The molecular formula is C26H24N6. The monoisotopic (exact) mass is 420 g/mol. The number of pyridine rings is 2. The third-order valence-electron chi connectivity index (χ3n) is 5.60. The van der Waals surface area contributed by atoms with Gasteiger partial charge in [0.1, 0.15) is 5.69 Å². The molecule has 0 saturated heterocycles. The number of nitrogens with zero attached hydrogens (tertiary/aromatic N) is 3. The van der Waals surface area contributed by atoms with E-state index in [0.29, 0.717) is 5.69 Å². The fourth-order valence-electron chi connectivity index (χ4n) is 4.03. The summed E-state index contributed by atoms with van der Waals surface area (Å²) in [5, 5.41) is 8.69. The molecule has 158 valence electrons. The maximum atomic E-state index is 5.91. The van der Waals surface area contributed by atoms with Gasteiger partial charge in [-0.3, -0.25) is 15.1 Å². The SMILES string of the molecule is C/C=C\C=C(\C1=CCC=C1)c1cc(-c2n[nH]c3cnc(-c4cncc(N)c4)cc23)[nH]c1C. The fourth-order valence-corrected chi connectivity index (χ4v) is 4.03. The van der Waals surface area contributed by atoms with Crippen LogP contribution in [-0.4, -0.2) is 25.1 Å². The number of hydrogen-bond acceptors (Lipinski definition) is 4. The topological polar surface area (TPSA) is 96.3 Å². The summed E-state index contributed by atoms with van der Waals surface area (Å²) in [5.41, 5.74) is 15.6. The highest BCUT2D eigenvalue weighted by molar-refractivity contribution is 5.95. The summed E-state index contributed by atoms with van der Waals surface area (Å²) in [6, 6.07) is 6.08. The number of allylic oxidation sites excluding steroid dienone is 8. The van der Waals surface area contributed by atoms with Crippen molar-refractivity contribution in [2.75, 3.05) is 5.73 Å². The minimum absolute atomic E-state index is 0.608. The second kappa shape index (κ2) is 8.15. The van der Waals surface area contributed by atoms with Crippen LogP contribution in [0.15, 0.2) is 78.8 Å². The van der Waals surface area contributed by atoms with Gasteiger partial charge in [0.2, 0.25) is 0 Å². The Balaban J connectivity index is 1.60. The van der Waals surface area contributed by atoms with E-state index in [1.807, 2.05) is 25.1 Å². The second-order valence-electron chi connectivity index (χ2n) is 7.82. The summed E-state index contributed by atoms with van der Waals surface area (Å²) in [6.45, 7) is 4.13. The first-order valence-electron chi connectivity index (χ1n) is 10.6. The van der Waals surface area contributed by atoms with Gasteiger partial charge in [-0.05, 0) is 49.6 Å². The van der Waals surface area contributed by atoms with Gasteiger partial charge in [-0.15, -0.1) is 0 Å². The minimum Gasteiger partial charge on any atom is -0.397 e. The van der Waals surface area contributed by atoms with Gasteiger partial charge in [0.15, 0.2) is 0 Å². The molecule has 4 N–H and O–H groups in total. The average molecular weight is 421 g/mol. The quantitative estimate of drug-likeness (QED) is 0.358. The van der Waals surface area contributed by atoms with Crippen molar-refractivity contribution >= 4 is 22.2 Å². The molecule has 0 amide bonds. The predicted molar refractivity (Wildman–Crippen MR) is 131 cm³/mol. The second-order valence-corrected chi connectivity index (χ2v) is 7.82. The summed E-state index contributed by atoms with van der Waals surface area (Å²) < 4.78 is 0. The summed E-state index contributed by atoms with van der Waals surface area (Å²) >= 11 is 0. The van der Waals surface area contributed by atoms with Crippen LogP contribution in [0.5, 0.6) is 0 Å². The molecule has 6 heteroatoms. The van der Waals surface area contributed by atoms with E-state index in [1.165, 1.54) is 16.7 Å². The van der Waals surface area contributed by atoms with E-state index in [0.717, 1.165) is 45.7 Å². The van der Waals surface area contributed by atoms with E-state index in [9.17, 15) is 0 Å². The van der Waals surface area contributed by atoms with Crippen LogP contribution in [0, 0.1) is 6.92 Å². The van der Waals surface area contributed by atoms with Crippen LogP contribution in [0.2, 0.25) is 0 Å². The first-order chi connectivity index (χ1) is 15.6. The van der Waals surface area contributed by atoms with Gasteiger partial charge < -0.3 is 10.7 Å². The van der Waals surface area contributed by atoms with Gasteiger partial charge in [0, 0.05) is 34.6 Å². The van der Waals surface area contributed by atoms with Gasteiger partial charge in [0.05, 0.1) is 28.8 Å². The molecule has 0 spiro atoms. The molecule has 1 aliphatic carbocycles. The molecule has 0 bridgehead atoms.